The van der Waals surface area contributed by atoms with Crippen LogP contribution in [0.2, 0.25) is 0 Å². The summed E-state index contributed by atoms with van der Waals surface area (Å²) in [6.07, 6.45) is 3.30. The first-order valence-corrected chi connectivity index (χ1v) is 12.4. The lowest BCUT2D eigenvalue weighted by Crippen LogP contribution is -2.54. The van der Waals surface area contributed by atoms with Gasteiger partial charge in [-0.1, -0.05) is 6.92 Å². The molecule has 1 saturated heterocycles. The molecular weight excluding hydrogens is 510 g/mol. The molecule has 33 heavy (non-hydrogen) atoms. The fourth-order valence-corrected chi connectivity index (χ4v) is 5.02. The number of rotatable bonds is 8. The summed E-state index contributed by atoms with van der Waals surface area (Å²) in [5.41, 5.74) is 0.272. The lowest BCUT2D eigenvalue weighted by Gasteiger charge is -2.41. The number of carbonyl (C=O) groups excluding carboxylic acids is 2. The summed E-state index contributed by atoms with van der Waals surface area (Å²) in [5.74, 6) is 0.503. The number of hydrogen-bond donors (Lipinski definition) is 1. The van der Waals surface area contributed by atoms with Gasteiger partial charge in [-0.3, -0.25) is 9.59 Å². The van der Waals surface area contributed by atoms with Gasteiger partial charge in [-0.25, -0.2) is 0 Å². The molecule has 2 amide bonds. The summed E-state index contributed by atoms with van der Waals surface area (Å²) in [5, 5.41) is 3.41. The Labute approximate surface area is 212 Å². The minimum absolute atomic E-state index is 0. The second-order valence-electron chi connectivity index (χ2n) is 9.10. The Hall–Kier alpha value is -1.35. The standard InChI is InChI=1S/C24H36BrN3O4.ClH/c1-6-24(4)23(30)27(11-8-12-31-5)20-13-18(19(25)14-21(20)32-24)22(29)28(16(2)3)17-9-7-10-26-15-17;/h13-14,16-17,26H,6-12,15H2,1-5H3;1H/t17-,24?;/m1./s1. The number of benzene rings is 1. The number of anilines is 1. The van der Waals surface area contributed by atoms with Gasteiger partial charge in [0.2, 0.25) is 0 Å². The number of nitrogens with one attached hydrogen (secondary N) is 1. The maximum Gasteiger partial charge on any atom is 0.270 e. The van der Waals surface area contributed by atoms with Crippen LogP contribution in [0.4, 0.5) is 5.69 Å². The summed E-state index contributed by atoms with van der Waals surface area (Å²) in [7, 11) is 1.65. The van der Waals surface area contributed by atoms with Crippen molar-refractivity contribution in [3.8, 4) is 5.75 Å². The Morgan fingerprint density at radius 1 is 1.42 bits per heavy atom. The molecule has 0 bridgehead atoms. The second kappa shape index (κ2) is 11.9. The van der Waals surface area contributed by atoms with E-state index in [1.165, 1.54) is 0 Å². The Bertz CT molecular complexity index is 847. The highest BCUT2D eigenvalue weighted by Gasteiger charge is 2.44. The van der Waals surface area contributed by atoms with Crippen LogP contribution in [0.15, 0.2) is 16.6 Å². The van der Waals surface area contributed by atoms with Gasteiger partial charge in [0.05, 0.1) is 11.3 Å². The predicted molar refractivity (Wildman–Crippen MR) is 137 cm³/mol. The molecule has 1 N–H and O–H groups in total. The summed E-state index contributed by atoms with van der Waals surface area (Å²) in [6.45, 7) is 10.7. The summed E-state index contributed by atoms with van der Waals surface area (Å²) >= 11 is 3.61. The van der Waals surface area contributed by atoms with Crippen molar-refractivity contribution in [3.63, 3.8) is 0 Å². The molecule has 1 fully saturated rings. The Balaban J connectivity index is 0.00000385. The van der Waals surface area contributed by atoms with Gasteiger partial charge in [-0.05, 0) is 81.1 Å². The molecule has 1 aromatic carbocycles. The van der Waals surface area contributed by atoms with E-state index in [0.29, 0.717) is 47.5 Å². The number of amides is 2. The van der Waals surface area contributed by atoms with Crippen molar-refractivity contribution in [2.24, 2.45) is 0 Å². The van der Waals surface area contributed by atoms with Crippen LogP contribution in [-0.4, -0.2) is 67.7 Å². The zero-order chi connectivity index (χ0) is 23.5. The van der Waals surface area contributed by atoms with Crippen LogP contribution < -0.4 is 15.0 Å². The van der Waals surface area contributed by atoms with Gasteiger partial charge < -0.3 is 24.6 Å². The van der Waals surface area contributed by atoms with Crippen LogP contribution in [0.5, 0.6) is 5.75 Å². The van der Waals surface area contributed by atoms with E-state index in [2.05, 4.69) is 35.1 Å². The van der Waals surface area contributed by atoms with E-state index in [4.69, 9.17) is 9.47 Å². The van der Waals surface area contributed by atoms with E-state index in [1.54, 1.807) is 12.0 Å². The molecule has 2 atom stereocenters. The minimum atomic E-state index is -0.928. The fraction of sp³-hybridized carbons (Fsp3) is 0.667. The average Bonchev–Trinajstić information content (AvgIpc) is 2.76. The largest absolute Gasteiger partial charge is 0.475 e. The van der Waals surface area contributed by atoms with Crippen molar-refractivity contribution in [2.45, 2.75) is 71.1 Å². The molecule has 186 valence electrons. The minimum Gasteiger partial charge on any atom is -0.475 e. The molecule has 2 aliphatic rings. The van der Waals surface area contributed by atoms with Crippen molar-refractivity contribution in [3.05, 3.63) is 22.2 Å². The van der Waals surface area contributed by atoms with Gasteiger partial charge in [-0.15, -0.1) is 12.4 Å². The maximum atomic E-state index is 13.7. The van der Waals surface area contributed by atoms with Gasteiger partial charge in [-0.2, -0.15) is 0 Å². The van der Waals surface area contributed by atoms with Gasteiger partial charge in [0.15, 0.2) is 5.60 Å². The van der Waals surface area contributed by atoms with Crippen molar-refractivity contribution in [2.75, 3.05) is 38.3 Å². The second-order valence-corrected chi connectivity index (χ2v) is 9.95. The third-order valence-corrected chi connectivity index (χ3v) is 7.12. The van der Waals surface area contributed by atoms with Crippen molar-refractivity contribution in [1.82, 2.24) is 10.2 Å². The number of carbonyl (C=O) groups is 2. The molecule has 2 aliphatic heterocycles. The molecule has 0 spiro atoms. The van der Waals surface area contributed by atoms with E-state index in [0.717, 1.165) is 25.9 Å². The Kier molecular flexibility index (Phi) is 10.0. The van der Waals surface area contributed by atoms with Crippen molar-refractivity contribution in [1.29, 1.82) is 0 Å². The van der Waals surface area contributed by atoms with Crippen LogP contribution in [-0.2, 0) is 9.53 Å². The van der Waals surface area contributed by atoms with E-state index in [9.17, 15) is 9.59 Å². The molecule has 7 nitrogen and oxygen atoms in total. The van der Waals surface area contributed by atoms with E-state index in [1.807, 2.05) is 30.9 Å². The molecule has 0 radical (unpaired) electrons. The molecule has 9 heteroatoms. The number of piperidine rings is 1. The normalized spacial score (nSPS) is 22.5. The summed E-state index contributed by atoms with van der Waals surface area (Å²) in [6, 6.07) is 3.87. The number of methoxy groups -OCH3 is 1. The van der Waals surface area contributed by atoms with Crippen LogP contribution in [0.1, 0.15) is 63.7 Å². The highest BCUT2D eigenvalue weighted by molar-refractivity contribution is 9.10. The van der Waals surface area contributed by atoms with Crippen LogP contribution in [0.25, 0.3) is 0 Å². The molecular formula is C24H37BrClN3O4. The van der Waals surface area contributed by atoms with E-state index >= 15 is 0 Å². The van der Waals surface area contributed by atoms with Crippen LogP contribution in [0, 0.1) is 0 Å². The number of fused-ring (bicyclic) bond motifs is 1. The first-order chi connectivity index (χ1) is 15.2. The molecule has 1 aromatic rings. The van der Waals surface area contributed by atoms with Gasteiger partial charge >= 0.3 is 0 Å². The van der Waals surface area contributed by atoms with E-state index < -0.39 is 5.60 Å². The Morgan fingerprint density at radius 3 is 2.73 bits per heavy atom. The van der Waals surface area contributed by atoms with Gasteiger partial charge in [0.25, 0.3) is 11.8 Å². The zero-order valence-corrected chi connectivity index (χ0v) is 22.7. The Morgan fingerprint density at radius 2 is 2.15 bits per heavy atom. The SMILES string of the molecule is CCC1(C)Oc2cc(Br)c(C(=O)N(C(C)C)[C@@H]3CCCNC3)cc2N(CCCOC)C1=O.Cl. The number of nitrogens with zero attached hydrogens (tertiary/aromatic N) is 2. The highest BCUT2D eigenvalue weighted by Crippen LogP contribution is 2.42. The number of ether oxygens (including phenoxy) is 2. The highest BCUT2D eigenvalue weighted by atomic mass is 79.9. The van der Waals surface area contributed by atoms with Crippen LogP contribution >= 0.6 is 28.3 Å². The van der Waals surface area contributed by atoms with Crippen molar-refractivity contribution < 1.29 is 19.1 Å². The molecule has 1 unspecified atom stereocenters. The predicted octanol–water partition coefficient (Wildman–Crippen LogP) is 4.40. The first kappa shape index (κ1) is 27.9. The van der Waals surface area contributed by atoms with Crippen molar-refractivity contribution >= 4 is 45.8 Å². The lowest BCUT2D eigenvalue weighted by atomic mass is 9.97. The first-order valence-electron chi connectivity index (χ1n) is 11.6. The average molecular weight is 547 g/mol. The van der Waals surface area contributed by atoms with Crippen LogP contribution in [0.3, 0.4) is 0 Å². The molecule has 2 heterocycles. The quantitative estimate of drug-likeness (QED) is 0.489. The fourth-order valence-electron chi connectivity index (χ4n) is 4.53. The third-order valence-electron chi connectivity index (χ3n) is 6.46. The topological polar surface area (TPSA) is 71.1 Å². The lowest BCUT2D eigenvalue weighted by molar-refractivity contribution is -0.134. The third kappa shape index (κ3) is 5.84. The number of halogens is 2. The van der Waals surface area contributed by atoms with E-state index in [-0.39, 0.29) is 36.3 Å². The molecule has 0 aromatic heterocycles. The summed E-state index contributed by atoms with van der Waals surface area (Å²) in [4.78, 5) is 30.8. The zero-order valence-electron chi connectivity index (χ0n) is 20.3. The maximum absolute atomic E-state index is 13.7. The molecule has 3 rings (SSSR count). The van der Waals surface area contributed by atoms with Gasteiger partial charge in [0, 0.05) is 43.4 Å². The monoisotopic (exact) mass is 545 g/mol. The smallest absolute Gasteiger partial charge is 0.270 e. The molecule has 0 saturated carbocycles. The number of hydrogen-bond acceptors (Lipinski definition) is 5. The summed E-state index contributed by atoms with van der Waals surface area (Å²) < 4.78 is 12.0. The van der Waals surface area contributed by atoms with Gasteiger partial charge in [0.1, 0.15) is 5.75 Å². The molecule has 0 aliphatic carbocycles.